The van der Waals surface area contributed by atoms with Crippen LogP contribution in [-0.4, -0.2) is 27.2 Å². The number of para-hydroxylation sites is 2. The average molecular weight is 301 g/mol. The third-order valence-corrected chi connectivity index (χ3v) is 3.28. The molecule has 1 amide bonds. The minimum Gasteiger partial charge on any atom is -0.496 e. The fourth-order valence-electron chi connectivity index (χ4n) is 2.19. The van der Waals surface area contributed by atoms with Gasteiger partial charge in [-0.2, -0.15) is 0 Å². The zero-order valence-corrected chi connectivity index (χ0v) is 12.9. The molecule has 2 rings (SSSR count). The summed E-state index contributed by atoms with van der Waals surface area (Å²) in [5.74, 6) is 1.44. The first-order valence-corrected chi connectivity index (χ1v) is 6.82. The Balaban J connectivity index is 2.16. The van der Waals surface area contributed by atoms with E-state index in [-0.39, 0.29) is 5.91 Å². The van der Waals surface area contributed by atoms with Gasteiger partial charge in [-0.3, -0.25) is 4.79 Å². The van der Waals surface area contributed by atoms with Gasteiger partial charge in [-0.05, 0) is 18.2 Å². The second kappa shape index (κ2) is 7.36. The van der Waals surface area contributed by atoms with Crippen molar-refractivity contribution in [2.45, 2.75) is 6.54 Å². The number of methoxy groups -OCH3 is 3. The lowest BCUT2D eigenvalue weighted by Crippen LogP contribution is -2.23. The summed E-state index contributed by atoms with van der Waals surface area (Å²) in [6.45, 7) is 0.364. The molecular weight excluding hydrogens is 282 g/mol. The number of nitrogens with one attached hydrogen (secondary N) is 1. The molecule has 0 radical (unpaired) electrons. The molecule has 0 spiro atoms. The van der Waals surface area contributed by atoms with Crippen LogP contribution in [0.1, 0.15) is 15.9 Å². The van der Waals surface area contributed by atoms with Crippen LogP contribution in [0.4, 0.5) is 0 Å². The maximum Gasteiger partial charge on any atom is 0.255 e. The molecule has 0 fully saturated rings. The highest BCUT2D eigenvalue weighted by molar-refractivity contribution is 5.97. The molecule has 0 aliphatic rings. The predicted molar refractivity (Wildman–Crippen MR) is 83.7 cm³/mol. The van der Waals surface area contributed by atoms with Crippen molar-refractivity contribution < 1.29 is 19.0 Å². The Morgan fingerprint density at radius 2 is 1.59 bits per heavy atom. The van der Waals surface area contributed by atoms with Gasteiger partial charge in [0.2, 0.25) is 0 Å². The summed E-state index contributed by atoms with van der Waals surface area (Å²) in [5.41, 5.74) is 1.33. The number of rotatable bonds is 6. The van der Waals surface area contributed by atoms with Crippen LogP contribution in [0.3, 0.4) is 0 Å². The molecule has 0 aliphatic carbocycles. The lowest BCUT2D eigenvalue weighted by Gasteiger charge is -2.13. The molecule has 0 heterocycles. The molecule has 0 atom stereocenters. The van der Waals surface area contributed by atoms with Crippen LogP contribution >= 0.6 is 0 Å². The summed E-state index contributed by atoms with van der Waals surface area (Å²) in [4.78, 5) is 12.4. The fourth-order valence-corrected chi connectivity index (χ4v) is 2.19. The van der Waals surface area contributed by atoms with Crippen molar-refractivity contribution in [1.82, 2.24) is 5.32 Å². The highest BCUT2D eigenvalue weighted by Gasteiger charge is 2.16. The first kappa shape index (κ1) is 15.7. The van der Waals surface area contributed by atoms with Gasteiger partial charge in [0.15, 0.2) is 11.5 Å². The molecule has 0 aromatic heterocycles. The van der Waals surface area contributed by atoms with Gasteiger partial charge in [0, 0.05) is 12.1 Å². The Bertz CT molecular complexity index is 655. The number of carbonyl (C=O) groups excluding carboxylic acids is 1. The molecule has 0 unspecified atom stereocenters. The molecular formula is C17H19NO4. The summed E-state index contributed by atoms with van der Waals surface area (Å²) < 4.78 is 15.7. The van der Waals surface area contributed by atoms with E-state index >= 15 is 0 Å². The third-order valence-electron chi connectivity index (χ3n) is 3.28. The van der Waals surface area contributed by atoms with Crippen molar-refractivity contribution in [3.63, 3.8) is 0 Å². The zero-order valence-electron chi connectivity index (χ0n) is 12.9. The molecule has 0 aliphatic heterocycles. The minimum absolute atomic E-state index is 0.235. The highest BCUT2D eigenvalue weighted by Crippen LogP contribution is 2.30. The van der Waals surface area contributed by atoms with Gasteiger partial charge in [0.1, 0.15) is 5.75 Å². The maximum atomic E-state index is 12.4. The van der Waals surface area contributed by atoms with Crippen LogP contribution in [0.5, 0.6) is 17.2 Å². The molecule has 0 saturated carbocycles. The summed E-state index contributed by atoms with van der Waals surface area (Å²) in [5, 5.41) is 2.86. The standard InChI is InChI=1S/C17H19NO4/c1-20-14-9-5-4-7-12(14)11-18-17(19)13-8-6-10-15(21-2)16(13)22-3/h4-10H,11H2,1-3H3,(H,18,19). The van der Waals surface area contributed by atoms with Crippen LogP contribution in [0.15, 0.2) is 42.5 Å². The summed E-state index contributed by atoms with van der Waals surface area (Å²) >= 11 is 0. The minimum atomic E-state index is -0.235. The smallest absolute Gasteiger partial charge is 0.255 e. The highest BCUT2D eigenvalue weighted by atomic mass is 16.5. The quantitative estimate of drug-likeness (QED) is 0.891. The van der Waals surface area contributed by atoms with E-state index in [1.54, 1.807) is 25.3 Å². The largest absolute Gasteiger partial charge is 0.496 e. The van der Waals surface area contributed by atoms with Crippen molar-refractivity contribution in [3.8, 4) is 17.2 Å². The number of hydrogen-bond donors (Lipinski definition) is 1. The monoisotopic (exact) mass is 301 g/mol. The van der Waals surface area contributed by atoms with E-state index in [2.05, 4.69) is 5.32 Å². The Hall–Kier alpha value is -2.69. The normalized spacial score (nSPS) is 9.95. The van der Waals surface area contributed by atoms with Crippen molar-refractivity contribution >= 4 is 5.91 Å². The van der Waals surface area contributed by atoms with E-state index in [0.717, 1.165) is 11.3 Å². The number of amides is 1. The van der Waals surface area contributed by atoms with Crippen molar-refractivity contribution in [3.05, 3.63) is 53.6 Å². The predicted octanol–water partition coefficient (Wildman–Crippen LogP) is 2.64. The second-order valence-electron chi connectivity index (χ2n) is 4.54. The molecule has 2 aromatic carbocycles. The summed E-state index contributed by atoms with van der Waals surface area (Å²) in [6.07, 6.45) is 0. The van der Waals surface area contributed by atoms with E-state index in [1.807, 2.05) is 24.3 Å². The SMILES string of the molecule is COc1ccccc1CNC(=O)c1cccc(OC)c1OC. The first-order chi connectivity index (χ1) is 10.7. The molecule has 2 aromatic rings. The van der Waals surface area contributed by atoms with Gasteiger partial charge in [-0.25, -0.2) is 0 Å². The van der Waals surface area contributed by atoms with E-state index in [9.17, 15) is 4.79 Å². The number of benzene rings is 2. The molecule has 5 nitrogen and oxygen atoms in total. The summed E-state index contributed by atoms with van der Waals surface area (Å²) in [7, 11) is 4.65. The molecule has 0 saturated heterocycles. The topological polar surface area (TPSA) is 56.8 Å². The van der Waals surface area contributed by atoms with Gasteiger partial charge in [0.25, 0.3) is 5.91 Å². The van der Waals surface area contributed by atoms with Gasteiger partial charge < -0.3 is 19.5 Å². The average Bonchev–Trinajstić information content (AvgIpc) is 2.58. The van der Waals surface area contributed by atoms with Crippen molar-refractivity contribution in [1.29, 1.82) is 0 Å². The summed E-state index contributed by atoms with van der Waals surface area (Å²) in [6, 6.07) is 12.7. The lowest BCUT2D eigenvalue weighted by molar-refractivity contribution is 0.0947. The molecule has 0 bridgehead atoms. The van der Waals surface area contributed by atoms with Crippen LogP contribution in [0, 0.1) is 0 Å². The van der Waals surface area contributed by atoms with Crippen molar-refractivity contribution in [2.75, 3.05) is 21.3 Å². The number of carbonyl (C=O) groups is 1. The Kier molecular flexibility index (Phi) is 5.25. The number of hydrogen-bond acceptors (Lipinski definition) is 4. The van der Waals surface area contributed by atoms with Crippen molar-refractivity contribution in [2.24, 2.45) is 0 Å². The van der Waals surface area contributed by atoms with Crippen LogP contribution in [0.2, 0.25) is 0 Å². The van der Waals surface area contributed by atoms with Gasteiger partial charge >= 0.3 is 0 Å². The van der Waals surface area contributed by atoms with Gasteiger partial charge in [-0.1, -0.05) is 24.3 Å². The fraction of sp³-hybridized carbons (Fsp3) is 0.235. The van der Waals surface area contributed by atoms with Crippen LogP contribution in [-0.2, 0) is 6.54 Å². The van der Waals surface area contributed by atoms with E-state index in [1.165, 1.54) is 14.2 Å². The Morgan fingerprint density at radius 3 is 2.27 bits per heavy atom. The molecule has 1 N–H and O–H groups in total. The Morgan fingerprint density at radius 1 is 0.909 bits per heavy atom. The van der Waals surface area contributed by atoms with E-state index < -0.39 is 0 Å². The lowest BCUT2D eigenvalue weighted by atomic mass is 10.1. The van der Waals surface area contributed by atoms with E-state index in [4.69, 9.17) is 14.2 Å². The van der Waals surface area contributed by atoms with Crippen LogP contribution < -0.4 is 19.5 Å². The zero-order chi connectivity index (χ0) is 15.9. The first-order valence-electron chi connectivity index (χ1n) is 6.82. The Labute approximate surface area is 129 Å². The molecule has 22 heavy (non-hydrogen) atoms. The van der Waals surface area contributed by atoms with Gasteiger partial charge in [0.05, 0.1) is 26.9 Å². The van der Waals surface area contributed by atoms with E-state index in [0.29, 0.717) is 23.6 Å². The molecule has 116 valence electrons. The van der Waals surface area contributed by atoms with Gasteiger partial charge in [-0.15, -0.1) is 0 Å². The second-order valence-corrected chi connectivity index (χ2v) is 4.54. The number of ether oxygens (including phenoxy) is 3. The maximum absolute atomic E-state index is 12.4. The van der Waals surface area contributed by atoms with Crippen LogP contribution in [0.25, 0.3) is 0 Å². The third kappa shape index (κ3) is 3.31. The molecule has 5 heteroatoms.